The van der Waals surface area contributed by atoms with E-state index in [0.717, 1.165) is 0 Å². The number of ether oxygens (including phenoxy) is 4. The summed E-state index contributed by atoms with van der Waals surface area (Å²) in [5.41, 5.74) is 2.44. The molecule has 0 heterocycles. The van der Waals surface area contributed by atoms with Crippen LogP contribution in [0.1, 0.15) is 25.0 Å². The molecule has 3 rings (SSSR count). The van der Waals surface area contributed by atoms with E-state index in [2.05, 4.69) is 13.2 Å². The van der Waals surface area contributed by atoms with Gasteiger partial charge in [0.05, 0.1) is 14.2 Å². The highest BCUT2D eigenvalue weighted by Crippen LogP contribution is 2.36. The fraction of sp³-hybridized carbons (Fsp3) is 0.133. The van der Waals surface area contributed by atoms with Crippen molar-refractivity contribution in [3.8, 4) is 34.1 Å². The molecule has 190 valence electrons. The summed E-state index contributed by atoms with van der Waals surface area (Å²) in [6, 6.07) is 14.5. The third kappa shape index (κ3) is 6.73. The van der Waals surface area contributed by atoms with Crippen LogP contribution in [0.15, 0.2) is 78.9 Å². The molecular formula is C30H27FO6. The van der Waals surface area contributed by atoms with Gasteiger partial charge in [-0.3, -0.25) is 0 Å². The van der Waals surface area contributed by atoms with Crippen molar-refractivity contribution in [2.45, 2.75) is 13.8 Å². The summed E-state index contributed by atoms with van der Waals surface area (Å²) < 4.78 is 36.5. The Morgan fingerprint density at radius 1 is 0.730 bits per heavy atom. The minimum absolute atomic E-state index is 0.159. The summed E-state index contributed by atoms with van der Waals surface area (Å²) in [5.74, 6) is -0.245. The van der Waals surface area contributed by atoms with E-state index in [9.17, 15) is 9.59 Å². The number of hydrogen-bond donors (Lipinski definition) is 0. The molecule has 0 aromatic heterocycles. The lowest BCUT2D eigenvalue weighted by Gasteiger charge is -2.13. The van der Waals surface area contributed by atoms with Gasteiger partial charge < -0.3 is 18.9 Å². The van der Waals surface area contributed by atoms with Crippen molar-refractivity contribution in [1.29, 1.82) is 0 Å². The van der Waals surface area contributed by atoms with Crippen LogP contribution in [-0.2, 0) is 9.59 Å². The molecule has 0 unspecified atom stereocenters. The Hall–Kier alpha value is -4.65. The van der Waals surface area contributed by atoms with Gasteiger partial charge in [-0.2, -0.15) is 0 Å². The second-order valence-corrected chi connectivity index (χ2v) is 8.18. The van der Waals surface area contributed by atoms with Gasteiger partial charge in [-0.15, -0.1) is 0 Å². The molecular weight excluding hydrogens is 475 g/mol. The lowest BCUT2D eigenvalue weighted by Crippen LogP contribution is -2.09. The van der Waals surface area contributed by atoms with Gasteiger partial charge in [-0.1, -0.05) is 37.4 Å². The molecule has 0 saturated carbocycles. The minimum atomic E-state index is -0.621. The number of hydrogen-bond acceptors (Lipinski definition) is 6. The zero-order chi connectivity index (χ0) is 27.1. The molecule has 0 aliphatic carbocycles. The average Bonchev–Trinajstić information content (AvgIpc) is 2.87. The maximum absolute atomic E-state index is 15.2. The summed E-state index contributed by atoms with van der Waals surface area (Å²) in [6.07, 6.45) is 3.48. The summed E-state index contributed by atoms with van der Waals surface area (Å²) in [4.78, 5) is 23.9. The highest BCUT2D eigenvalue weighted by molar-refractivity contribution is 5.90. The number of carbonyl (C=O) groups excluding carboxylic acids is 2. The second-order valence-electron chi connectivity index (χ2n) is 8.18. The number of rotatable bonds is 9. The van der Waals surface area contributed by atoms with Crippen LogP contribution in [0, 0.1) is 5.82 Å². The number of methoxy groups -OCH3 is 2. The van der Waals surface area contributed by atoms with Crippen LogP contribution in [0.4, 0.5) is 4.39 Å². The molecule has 3 aromatic rings. The molecule has 0 aliphatic heterocycles. The maximum atomic E-state index is 15.2. The summed E-state index contributed by atoms with van der Waals surface area (Å²) in [6.45, 7) is 10.2. The topological polar surface area (TPSA) is 71.1 Å². The molecule has 0 bridgehead atoms. The first kappa shape index (κ1) is 26.9. The van der Waals surface area contributed by atoms with Crippen molar-refractivity contribution in [2.24, 2.45) is 0 Å². The Balaban J connectivity index is 1.89. The van der Waals surface area contributed by atoms with Crippen LogP contribution in [-0.4, -0.2) is 26.2 Å². The van der Waals surface area contributed by atoms with Crippen molar-refractivity contribution in [2.75, 3.05) is 14.2 Å². The zero-order valence-electron chi connectivity index (χ0n) is 21.1. The monoisotopic (exact) mass is 502 g/mol. The number of carbonyl (C=O) groups is 2. The number of esters is 2. The largest absolute Gasteiger partial charge is 0.497 e. The number of benzene rings is 3. The molecule has 0 atom stereocenters. The van der Waals surface area contributed by atoms with E-state index < -0.39 is 17.8 Å². The van der Waals surface area contributed by atoms with Crippen LogP contribution in [0.3, 0.4) is 0 Å². The first-order chi connectivity index (χ1) is 17.6. The van der Waals surface area contributed by atoms with Crippen molar-refractivity contribution in [3.63, 3.8) is 0 Å². The molecule has 0 fully saturated rings. The second kappa shape index (κ2) is 11.9. The van der Waals surface area contributed by atoms with Crippen LogP contribution in [0.2, 0.25) is 0 Å². The van der Waals surface area contributed by atoms with Crippen molar-refractivity contribution >= 4 is 24.1 Å². The van der Waals surface area contributed by atoms with Gasteiger partial charge in [-0.05, 0) is 49.7 Å². The molecule has 0 amide bonds. The van der Waals surface area contributed by atoms with E-state index >= 15 is 4.39 Å². The normalized spacial score (nSPS) is 10.6. The summed E-state index contributed by atoms with van der Waals surface area (Å²) >= 11 is 0. The van der Waals surface area contributed by atoms with E-state index in [-0.39, 0.29) is 22.5 Å². The smallest absolute Gasteiger partial charge is 0.338 e. The Morgan fingerprint density at radius 2 is 1.35 bits per heavy atom. The minimum Gasteiger partial charge on any atom is -0.497 e. The summed E-state index contributed by atoms with van der Waals surface area (Å²) in [5, 5.41) is 0. The van der Waals surface area contributed by atoms with Gasteiger partial charge in [-0.25, -0.2) is 14.0 Å². The first-order valence-electron chi connectivity index (χ1n) is 11.2. The fourth-order valence-electron chi connectivity index (χ4n) is 3.25. The molecule has 3 aromatic carbocycles. The van der Waals surface area contributed by atoms with Crippen molar-refractivity contribution < 1.29 is 32.9 Å². The van der Waals surface area contributed by atoms with Gasteiger partial charge in [0.25, 0.3) is 0 Å². The first-order valence-corrected chi connectivity index (χ1v) is 11.2. The van der Waals surface area contributed by atoms with E-state index in [4.69, 9.17) is 18.9 Å². The third-order valence-corrected chi connectivity index (χ3v) is 5.24. The van der Waals surface area contributed by atoms with Crippen LogP contribution in [0.25, 0.3) is 23.3 Å². The molecule has 7 heteroatoms. The molecule has 0 saturated heterocycles. The van der Waals surface area contributed by atoms with Crippen LogP contribution in [0.5, 0.6) is 23.0 Å². The van der Waals surface area contributed by atoms with Gasteiger partial charge in [0, 0.05) is 40.0 Å². The number of halogens is 1. The molecule has 0 radical (unpaired) electrons. The summed E-state index contributed by atoms with van der Waals surface area (Å²) in [7, 11) is 2.98. The van der Waals surface area contributed by atoms with Crippen molar-refractivity contribution in [3.05, 3.63) is 95.8 Å². The zero-order valence-corrected chi connectivity index (χ0v) is 21.1. The van der Waals surface area contributed by atoms with E-state index in [1.807, 2.05) is 0 Å². The fourth-order valence-corrected chi connectivity index (χ4v) is 3.25. The molecule has 0 N–H and O–H groups in total. The Labute approximate surface area is 215 Å². The molecule has 0 aliphatic rings. The quantitative estimate of drug-likeness (QED) is 0.141. The Morgan fingerprint density at radius 3 is 1.97 bits per heavy atom. The Bertz CT molecular complexity index is 1400. The van der Waals surface area contributed by atoms with Crippen LogP contribution < -0.4 is 18.9 Å². The predicted molar refractivity (Wildman–Crippen MR) is 141 cm³/mol. The third-order valence-electron chi connectivity index (χ3n) is 5.24. The Kier molecular flexibility index (Phi) is 8.64. The molecule has 6 nitrogen and oxygen atoms in total. The van der Waals surface area contributed by atoms with Crippen molar-refractivity contribution in [1.82, 2.24) is 0 Å². The van der Waals surface area contributed by atoms with Crippen LogP contribution >= 0.6 is 0 Å². The van der Waals surface area contributed by atoms with Gasteiger partial charge in [0.1, 0.15) is 28.8 Å². The highest BCUT2D eigenvalue weighted by atomic mass is 19.1. The predicted octanol–water partition coefficient (Wildman–Crippen LogP) is 6.64. The van der Waals surface area contributed by atoms with Gasteiger partial charge in [0.15, 0.2) is 0 Å². The highest BCUT2D eigenvalue weighted by Gasteiger charge is 2.16. The maximum Gasteiger partial charge on any atom is 0.338 e. The standard InChI is InChI=1S/C30H27FO6/c1-18(2)29(32)36-23-11-10-21(27(17-23)35-6)9-7-20-8-13-24(26(31)15-20)25-14-12-22(34-5)16-28(25)37-30(33)19(3)4/h7-17H,1,3H2,2,4-6H3/b9-7+. The van der Waals surface area contributed by atoms with E-state index in [1.165, 1.54) is 33.3 Å². The average molecular weight is 503 g/mol. The van der Waals surface area contributed by atoms with Gasteiger partial charge >= 0.3 is 11.9 Å². The lowest BCUT2D eigenvalue weighted by atomic mass is 10.0. The van der Waals surface area contributed by atoms with Gasteiger partial charge in [0.2, 0.25) is 0 Å². The lowest BCUT2D eigenvalue weighted by molar-refractivity contribution is -0.130. The van der Waals surface area contributed by atoms with E-state index in [1.54, 1.807) is 61.5 Å². The molecule has 37 heavy (non-hydrogen) atoms. The SMILES string of the molecule is C=C(C)C(=O)Oc1ccc(/C=C/c2ccc(-c3ccc(OC)cc3OC(=O)C(=C)C)c(F)c2)c(OC)c1. The molecule has 0 spiro atoms. The van der Waals surface area contributed by atoms with E-state index in [0.29, 0.717) is 33.9 Å².